The summed E-state index contributed by atoms with van der Waals surface area (Å²) in [6.07, 6.45) is 4.50. The second-order valence-electron chi connectivity index (χ2n) is 7.63. The molecule has 2 aromatic rings. The molecule has 0 saturated heterocycles. The van der Waals surface area contributed by atoms with Crippen LogP contribution in [0.25, 0.3) is 0 Å². The molecule has 1 aromatic heterocycles. The van der Waals surface area contributed by atoms with E-state index in [0.29, 0.717) is 0 Å². The maximum Gasteiger partial charge on any atom is 0.323 e. The van der Waals surface area contributed by atoms with Gasteiger partial charge in [0.2, 0.25) is 0 Å². The summed E-state index contributed by atoms with van der Waals surface area (Å²) in [5.41, 5.74) is 2.63. The van der Waals surface area contributed by atoms with E-state index in [9.17, 15) is 9.59 Å². The maximum absolute atomic E-state index is 12.8. The van der Waals surface area contributed by atoms with E-state index in [4.69, 9.17) is 0 Å². The number of nitrogens with zero attached hydrogens (tertiary/aromatic N) is 3. The molecular formula is C21H27N5O2. The first-order chi connectivity index (χ1) is 13.4. The number of anilines is 1. The van der Waals surface area contributed by atoms with Crippen molar-refractivity contribution in [3.63, 3.8) is 0 Å². The molecule has 1 aromatic carbocycles. The minimum Gasteiger partial charge on any atom is -0.347 e. The van der Waals surface area contributed by atoms with E-state index in [0.717, 1.165) is 12.8 Å². The molecule has 1 aliphatic carbocycles. The summed E-state index contributed by atoms with van der Waals surface area (Å²) in [7, 11) is 0. The molecule has 3 amide bonds. The summed E-state index contributed by atoms with van der Waals surface area (Å²) < 4.78 is 0. The Bertz CT molecular complexity index is 832. The smallest absolute Gasteiger partial charge is 0.323 e. The van der Waals surface area contributed by atoms with Crippen LogP contribution in [0, 0.1) is 0 Å². The van der Waals surface area contributed by atoms with E-state index in [1.54, 1.807) is 4.90 Å². The largest absolute Gasteiger partial charge is 0.347 e. The van der Waals surface area contributed by atoms with Crippen molar-refractivity contribution in [2.45, 2.75) is 58.7 Å². The predicted molar refractivity (Wildman–Crippen MR) is 108 cm³/mol. The highest BCUT2D eigenvalue weighted by molar-refractivity contribution is 6.01. The van der Waals surface area contributed by atoms with Crippen molar-refractivity contribution in [2.24, 2.45) is 0 Å². The third kappa shape index (κ3) is 4.30. The number of hydrogen-bond acceptors (Lipinski definition) is 4. The molecule has 0 radical (unpaired) electrons. The molecule has 0 unspecified atom stereocenters. The Balaban J connectivity index is 1.72. The summed E-state index contributed by atoms with van der Waals surface area (Å²) >= 11 is 0. The van der Waals surface area contributed by atoms with Crippen molar-refractivity contribution in [1.29, 1.82) is 0 Å². The molecule has 1 heterocycles. The van der Waals surface area contributed by atoms with Crippen LogP contribution < -0.4 is 10.6 Å². The van der Waals surface area contributed by atoms with Gasteiger partial charge in [0.05, 0.1) is 0 Å². The summed E-state index contributed by atoms with van der Waals surface area (Å²) in [5.74, 6) is -0.159. The first-order valence-electron chi connectivity index (χ1n) is 9.64. The molecule has 148 valence electrons. The van der Waals surface area contributed by atoms with Gasteiger partial charge in [0.25, 0.3) is 5.91 Å². The Morgan fingerprint density at radius 1 is 1.00 bits per heavy atom. The zero-order chi connectivity index (χ0) is 20.3. The first-order valence-corrected chi connectivity index (χ1v) is 9.64. The van der Waals surface area contributed by atoms with Gasteiger partial charge in [0, 0.05) is 30.5 Å². The Hall–Kier alpha value is -2.96. The Kier molecular flexibility index (Phi) is 5.92. The molecule has 7 nitrogen and oxygen atoms in total. The fourth-order valence-electron chi connectivity index (χ4n) is 3.74. The lowest BCUT2D eigenvalue weighted by Crippen LogP contribution is -2.45. The predicted octanol–water partition coefficient (Wildman–Crippen LogP) is 3.02. The van der Waals surface area contributed by atoms with Gasteiger partial charge in [-0.15, -0.1) is 0 Å². The zero-order valence-corrected chi connectivity index (χ0v) is 16.8. The molecule has 0 fully saturated rings. The quantitative estimate of drug-likeness (QED) is 0.833. The number of nitrogens with one attached hydrogen (secondary N) is 2. The number of urea groups is 1. The van der Waals surface area contributed by atoms with Crippen molar-refractivity contribution in [3.8, 4) is 0 Å². The second kappa shape index (κ2) is 8.37. The SMILES string of the molecule is CC(C)N(C(=O)Nc1nccnc1C(=O)NC1Cc2ccccc2C1)C(C)C. The Morgan fingerprint density at radius 3 is 2.14 bits per heavy atom. The molecule has 2 N–H and O–H groups in total. The molecule has 0 spiro atoms. The lowest BCUT2D eigenvalue weighted by molar-refractivity contribution is 0.0934. The Morgan fingerprint density at radius 2 is 1.57 bits per heavy atom. The number of aromatic nitrogens is 2. The summed E-state index contributed by atoms with van der Waals surface area (Å²) in [4.78, 5) is 35.5. The molecule has 3 rings (SSSR count). The monoisotopic (exact) mass is 381 g/mol. The van der Waals surface area contributed by atoms with Crippen LogP contribution in [0.2, 0.25) is 0 Å². The highest BCUT2D eigenvalue weighted by Gasteiger charge is 2.26. The van der Waals surface area contributed by atoms with Crippen molar-refractivity contribution in [2.75, 3.05) is 5.32 Å². The van der Waals surface area contributed by atoms with Crippen LogP contribution in [0.5, 0.6) is 0 Å². The van der Waals surface area contributed by atoms with Crippen LogP contribution in [0.15, 0.2) is 36.7 Å². The minimum absolute atomic E-state index is 0.0123. The van der Waals surface area contributed by atoms with Gasteiger partial charge in [-0.1, -0.05) is 24.3 Å². The first kappa shape index (κ1) is 19.8. The highest BCUT2D eigenvalue weighted by Crippen LogP contribution is 2.22. The van der Waals surface area contributed by atoms with E-state index in [-0.39, 0.29) is 41.6 Å². The molecule has 0 bridgehead atoms. The normalized spacial score (nSPS) is 13.5. The molecule has 0 aliphatic heterocycles. The van der Waals surface area contributed by atoms with Crippen molar-refractivity contribution >= 4 is 17.8 Å². The third-order valence-electron chi connectivity index (χ3n) is 4.87. The van der Waals surface area contributed by atoms with E-state index < -0.39 is 0 Å². The summed E-state index contributed by atoms with van der Waals surface area (Å²) in [5, 5.41) is 5.77. The van der Waals surface area contributed by atoms with Gasteiger partial charge in [-0.05, 0) is 51.7 Å². The number of benzene rings is 1. The number of rotatable bonds is 5. The van der Waals surface area contributed by atoms with E-state index in [1.165, 1.54) is 23.5 Å². The van der Waals surface area contributed by atoms with Gasteiger partial charge in [-0.2, -0.15) is 0 Å². The van der Waals surface area contributed by atoms with Gasteiger partial charge in [-0.25, -0.2) is 14.8 Å². The maximum atomic E-state index is 12.8. The zero-order valence-electron chi connectivity index (χ0n) is 16.8. The lowest BCUT2D eigenvalue weighted by atomic mass is 10.1. The van der Waals surface area contributed by atoms with Crippen LogP contribution in [0.4, 0.5) is 10.6 Å². The van der Waals surface area contributed by atoms with Crippen LogP contribution in [0.3, 0.4) is 0 Å². The number of carbonyl (C=O) groups is 2. The molecule has 7 heteroatoms. The number of fused-ring (bicyclic) bond motifs is 1. The van der Waals surface area contributed by atoms with Gasteiger partial charge < -0.3 is 10.2 Å². The lowest BCUT2D eigenvalue weighted by Gasteiger charge is -2.30. The van der Waals surface area contributed by atoms with Crippen LogP contribution in [-0.4, -0.2) is 44.9 Å². The summed E-state index contributed by atoms with van der Waals surface area (Å²) in [6.45, 7) is 7.78. The second-order valence-corrected chi connectivity index (χ2v) is 7.63. The van der Waals surface area contributed by atoms with Gasteiger partial charge in [0.1, 0.15) is 0 Å². The average molecular weight is 381 g/mol. The number of hydrogen-bond donors (Lipinski definition) is 2. The van der Waals surface area contributed by atoms with Crippen molar-refractivity contribution < 1.29 is 9.59 Å². The number of amides is 3. The minimum atomic E-state index is -0.332. The average Bonchev–Trinajstić information content (AvgIpc) is 3.03. The van der Waals surface area contributed by atoms with Crippen molar-refractivity contribution in [1.82, 2.24) is 20.2 Å². The Labute approximate surface area is 165 Å². The van der Waals surface area contributed by atoms with E-state index in [2.05, 4.69) is 32.7 Å². The highest BCUT2D eigenvalue weighted by atomic mass is 16.2. The van der Waals surface area contributed by atoms with Crippen LogP contribution in [-0.2, 0) is 12.8 Å². The van der Waals surface area contributed by atoms with E-state index >= 15 is 0 Å². The van der Waals surface area contributed by atoms with Crippen LogP contribution in [0.1, 0.15) is 49.3 Å². The molecule has 28 heavy (non-hydrogen) atoms. The van der Waals surface area contributed by atoms with Gasteiger partial charge in [0.15, 0.2) is 11.5 Å². The molecular weight excluding hydrogens is 354 g/mol. The molecule has 0 saturated carbocycles. The standard InChI is InChI=1S/C21H27N5O2/c1-13(2)26(14(3)4)21(28)25-19-18(22-9-10-23-19)20(27)24-17-11-15-7-5-6-8-16(15)12-17/h5-10,13-14,17H,11-12H2,1-4H3,(H,24,27)(H,23,25,28). The topological polar surface area (TPSA) is 87.2 Å². The van der Waals surface area contributed by atoms with Crippen LogP contribution >= 0.6 is 0 Å². The van der Waals surface area contributed by atoms with Gasteiger partial charge in [-0.3, -0.25) is 10.1 Å². The summed E-state index contributed by atoms with van der Waals surface area (Å²) in [6, 6.07) is 7.94. The number of carbonyl (C=O) groups excluding carboxylic acids is 2. The fourth-order valence-corrected chi connectivity index (χ4v) is 3.74. The van der Waals surface area contributed by atoms with Crippen molar-refractivity contribution in [3.05, 3.63) is 53.5 Å². The third-order valence-corrected chi connectivity index (χ3v) is 4.87. The van der Waals surface area contributed by atoms with E-state index in [1.807, 2.05) is 39.8 Å². The molecule has 1 aliphatic rings. The molecule has 0 atom stereocenters. The van der Waals surface area contributed by atoms with Gasteiger partial charge >= 0.3 is 6.03 Å². The fraction of sp³-hybridized carbons (Fsp3) is 0.429.